The van der Waals surface area contributed by atoms with Crippen LogP contribution in [0, 0.1) is 10.1 Å². The number of nitro groups is 1. The molecule has 16 heavy (non-hydrogen) atoms. The standard InChI is InChI=1S/C9H7NO6/c11-6-3-5(9(12)13)7(10(14)15)4-1-2-16-8(4)6/h3,11H,1-2H2,(H,12,13). The first kappa shape index (κ1) is 10.2. The van der Waals surface area contributed by atoms with Gasteiger partial charge < -0.3 is 14.9 Å². The quantitative estimate of drug-likeness (QED) is 0.572. The van der Waals surface area contributed by atoms with Gasteiger partial charge in [-0.05, 0) is 0 Å². The molecular weight excluding hydrogens is 218 g/mol. The van der Waals surface area contributed by atoms with E-state index in [1.54, 1.807) is 0 Å². The monoisotopic (exact) mass is 225 g/mol. The number of phenols is 1. The summed E-state index contributed by atoms with van der Waals surface area (Å²) in [4.78, 5) is 20.9. The molecule has 1 aliphatic rings. The van der Waals surface area contributed by atoms with Crippen LogP contribution in [0.2, 0.25) is 0 Å². The maximum Gasteiger partial charge on any atom is 0.342 e. The number of nitrogens with zero attached hydrogens (tertiary/aromatic N) is 1. The summed E-state index contributed by atoms with van der Waals surface area (Å²) in [6.45, 7) is 0.201. The Morgan fingerprint density at radius 3 is 2.81 bits per heavy atom. The lowest BCUT2D eigenvalue weighted by molar-refractivity contribution is -0.385. The lowest BCUT2D eigenvalue weighted by Gasteiger charge is -2.05. The van der Waals surface area contributed by atoms with Crippen molar-refractivity contribution in [2.75, 3.05) is 6.61 Å². The number of carboxylic acid groups (broad SMARTS) is 1. The highest BCUT2D eigenvalue weighted by molar-refractivity contribution is 5.94. The van der Waals surface area contributed by atoms with Crippen LogP contribution in [0.15, 0.2) is 6.07 Å². The molecular formula is C9H7NO6. The molecule has 0 aromatic heterocycles. The van der Waals surface area contributed by atoms with E-state index in [-0.39, 0.29) is 30.1 Å². The van der Waals surface area contributed by atoms with Crippen molar-refractivity contribution < 1.29 is 24.7 Å². The SMILES string of the molecule is O=C(O)c1cc(O)c2c(c1[N+](=O)[O-])CCO2. The third kappa shape index (κ3) is 1.33. The van der Waals surface area contributed by atoms with E-state index in [0.717, 1.165) is 6.07 Å². The fourth-order valence-corrected chi connectivity index (χ4v) is 1.72. The smallest absolute Gasteiger partial charge is 0.342 e. The number of nitro benzene ring substituents is 1. The van der Waals surface area contributed by atoms with Gasteiger partial charge in [-0.3, -0.25) is 10.1 Å². The van der Waals surface area contributed by atoms with E-state index in [1.807, 2.05) is 0 Å². The van der Waals surface area contributed by atoms with Crippen LogP contribution in [0.4, 0.5) is 5.69 Å². The summed E-state index contributed by atoms with van der Waals surface area (Å²) in [5.74, 6) is -1.82. The molecule has 0 spiro atoms. The van der Waals surface area contributed by atoms with Crippen molar-refractivity contribution in [2.24, 2.45) is 0 Å². The second kappa shape index (κ2) is 3.37. The number of carboxylic acids is 1. The largest absolute Gasteiger partial charge is 0.504 e. The Kier molecular flexibility index (Phi) is 2.15. The van der Waals surface area contributed by atoms with Crippen LogP contribution in [0.5, 0.6) is 11.5 Å². The van der Waals surface area contributed by atoms with E-state index in [2.05, 4.69) is 0 Å². The number of carbonyl (C=O) groups is 1. The third-order valence-electron chi connectivity index (χ3n) is 2.34. The summed E-state index contributed by atoms with van der Waals surface area (Å²) >= 11 is 0. The van der Waals surface area contributed by atoms with Crippen molar-refractivity contribution in [1.82, 2.24) is 0 Å². The van der Waals surface area contributed by atoms with Gasteiger partial charge in [0.15, 0.2) is 11.5 Å². The molecule has 0 atom stereocenters. The van der Waals surface area contributed by atoms with Crippen molar-refractivity contribution in [3.05, 3.63) is 27.3 Å². The molecule has 2 rings (SSSR count). The van der Waals surface area contributed by atoms with E-state index in [0.29, 0.717) is 0 Å². The summed E-state index contributed by atoms with van der Waals surface area (Å²) in [5.41, 5.74) is -0.882. The van der Waals surface area contributed by atoms with Gasteiger partial charge in [0, 0.05) is 12.5 Å². The van der Waals surface area contributed by atoms with E-state index >= 15 is 0 Å². The minimum absolute atomic E-state index is 0.0108. The summed E-state index contributed by atoms with van der Waals surface area (Å²) in [6.07, 6.45) is 0.223. The highest BCUT2D eigenvalue weighted by atomic mass is 16.6. The molecule has 0 fully saturated rings. The molecule has 84 valence electrons. The molecule has 0 radical (unpaired) electrons. The molecule has 0 aliphatic carbocycles. The number of benzene rings is 1. The molecule has 1 aliphatic heterocycles. The van der Waals surface area contributed by atoms with Gasteiger partial charge in [-0.2, -0.15) is 0 Å². The number of hydrogen-bond acceptors (Lipinski definition) is 5. The normalized spacial score (nSPS) is 13.0. The second-order valence-electron chi connectivity index (χ2n) is 3.26. The average molecular weight is 225 g/mol. The Balaban J connectivity index is 2.77. The van der Waals surface area contributed by atoms with Crippen LogP contribution in [-0.4, -0.2) is 27.7 Å². The summed E-state index contributed by atoms with van der Waals surface area (Å²) < 4.78 is 5.01. The first-order valence-corrected chi connectivity index (χ1v) is 4.41. The first-order valence-electron chi connectivity index (χ1n) is 4.41. The van der Waals surface area contributed by atoms with Crippen LogP contribution in [0.3, 0.4) is 0 Å². The lowest BCUT2D eigenvalue weighted by atomic mass is 10.0. The minimum atomic E-state index is -1.45. The Bertz CT molecular complexity index is 495. The number of ether oxygens (including phenoxy) is 1. The van der Waals surface area contributed by atoms with Gasteiger partial charge in [-0.25, -0.2) is 4.79 Å². The van der Waals surface area contributed by atoms with Crippen LogP contribution in [-0.2, 0) is 6.42 Å². The molecule has 0 bridgehead atoms. The van der Waals surface area contributed by atoms with E-state index in [4.69, 9.17) is 9.84 Å². The Labute approximate surface area is 89.0 Å². The fourth-order valence-electron chi connectivity index (χ4n) is 1.72. The topological polar surface area (TPSA) is 110 Å². The molecule has 1 aromatic carbocycles. The molecule has 1 aromatic rings. The zero-order valence-corrected chi connectivity index (χ0v) is 7.97. The minimum Gasteiger partial charge on any atom is -0.504 e. The maximum absolute atomic E-state index is 10.8. The molecule has 1 heterocycles. The molecule has 7 nitrogen and oxygen atoms in total. The Morgan fingerprint density at radius 1 is 1.56 bits per heavy atom. The number of fused-ring (bicyclic) bond motifs is 1. The molecule has 0 unspecified atom stereocenters. The number of aromatic hydroxyl groups is 1. The van der Waals surface area contributed by atoms with Crippen molar-refractivity contribution in [3.63, 3.8) is 0 Å². The molecule has 2 N–H and O–H groups in total. The molecule has 0 amide bonds. The Morgan fingerprint density at radius 2 is 2.25 bits per heavy atom. The van der Waals surface area contributed by atoms with Gasteiger partial charge in [0.2, 0.25) is 0 Å². The van der Waals surface area contributed by atoms with Gasteiger partial charge in [0.25, 0.3) is 5.69 Å². The van der Waals surface area contributed by atoms with E-state index in [9.17, 15) is 20.0 Å². The number of rotatable bonds is 2. The molecule has 0 saturated heterocycles. The average Bonchev–Trinajstić information content (AvgIpc) is 2.65. The second-order valence-corrected chi connectivity index (χ2v) is 3.26. The zero-order chi connectivity index (χ0) is 11.9. The van der Waals surface area contributed by atoms with E-state index in [1.165, 1.54) is 0 Å². The predicted molar refractivity (Wildman–Crippen MR) is 50.9 cm³/mol. The van der Waals surface area contributed by atoms with Gasteiger partial charge >= 0.3 is 5.97 Å². The van der Waals surface area contributed by atoms with Crippen LogP contribution >= 0.6 is 0 Å². The van der Waals surface area contributed by atoms with E-state index < -0.39 is 22.1 Å². The molecule has 7 heteroatoms. The fraction of sp³-hybridized carbons (Fsp3) is 0.222. The van der Waals surface area contributed by atoms with Crippen molar-refractivity contribution >= 4 is 11.7 Å². The summed E-state index contributed by atoms with van der Waals surface area (Å²) in [7, 11) is 0. The first-order chi connectivity index (χ1) is 7.52. The highest BCUT2D eigenvalue weighted by Gasteiger charge is 2.33. The number of hydrogen-bond donors (Lipinski definition) is 2. The van der Waals surface area contributed by atoms with Gasteiger partial charge in [0.05, 0.1) is 17.1 Å². The van der Waals surface area contributed by atoms with Gasteiger partial charge in [-0.15, -0.1) is 0 Å². The van der Waals surface area contributed by atoms with Gasteiger partial charge in [0.1, 0.15) is 5.56 Å². The molecule has 0 saturated carbocycles. The van der Waals surface area contributed by atoms with Gasteiger partial charge in [-0.1, -0.05) is 0 Å². The lowest BCUT2D eigenvalue weighted by Crippen LogP contribution is -2.05. The number of phenolic OH excluding ortho intramolecular Hbond substituents is 1. The highest BCUT2D eigenvalue weighted by Crippen LogP contribution is 2.42. The number of aromatic carboxylic acids is 1. The van der Waals surface area contributed by atoms with Crippen LogP contribution < -0.4 is 4.74 Å². The van der Waals surface area contributed by atoms with Crippen molar-refractivity contribution in [3.8, 4) is 11.5 Å². The maximum atomic E-state index is 10.8. The zero-order valence-electron chi connectivity index (χ0n) is 7.97. The predicted octanol–water partition coefficient (Wildman–Crippen LogP) is 0.933. The third-order valence-corrected chi connectivity index (χ3v) is 2.34. The van der Waals surface area contributed by atoms with Crippen molar-refractivity contribution in [1.29, 1.82) is 0 Å². The van der Waals surface area contributed by atoms with Crippen LogP contribution in [0.1, 0.15) is 15.9 Å². The van der Waals surface area contributed by atoms with Crippen molar-refractivity contribution in [2.45, 2.75) is 6.42 Å². The summed E-state index contributed by atoms with van der Waals surface area (Å²) in [6, 6.07) is 0.838. The Hall–Kier alpha value is -2.31. The van der Waals surface area contributed by atoms with Crippen LogP contribution in [0.25, 0.3) is 0 Å². The summed E-state index contributed by atoms with van der Waals surface area (Å²) in [5, 5.41) is 29.1.